The number of benzene rings is 1. The number of carbonyl (C=O) groups excluding carboxylic acids is 1. The predicted molar refractivity (Wildman–Crippen MR) is 78.9 cm³/mol. The Morgan fingerprint density at radius 1 is 1.53 bits per heavy atom. The molecule has 0 fully saturated rings. The third-order valence-electron chi connectivity index (χ3n) is 2.88. The second-order valence-corrected chi connectivity index (χ2v) is 5.86. The zero-order chi connectivity index (χ0) is 13.8. The summed E-state index contributed by atoms with van der Waals surface area (Å²) in [5.74, 6) is 0.549. The van der Waals surface area contributed by atoms with E-state index in [9.17, 15) is 4.79 Å². The van der Waals surface area contributed by atoms with Crippen LogP contribution < -0.4 is 10.6 Å². The quantitative estimate of drug-likeness (QED) is 0.706. The van der Waals surface area contributed by atoms with Crippen LogP contribution in [-0.4, -0.2) is 29.9 Å². The number of rotatable bonds is 6. The average Bonchev–Trinajstić information content (AvgIpc) is 2.69. The monoisotopic (exact) mass is 300 g/mol. The van der Waals surface area contributed by atoms with Crippen LogP contribution in [0.15, 0.2) is 17.0 Å². The zero-order valence-electron chi connectivity index (χ0n) is 10.7. The molecule has 19 heavy (non-hydrogen) atoms. The second kappa shape index (κ2) is 6.61. The Kier molecular flexibility index (Phi) is 5.10. The maximum atomic E-state index is 11.9. The van der Waals surface area contributed by atoms with E-state index >= 15 is 0 Å². The molecule has 1 atom stereocenters. The molecule has 1 aromatic rings. The molecule has 0 bridgehead atoms. The highest BCUT2D eigenvalue weighted by Gasteiger charge is 2.30. The van der Waals surface area contributed by atoms with Gasteiger partial charge in [0, 0.05) is 21.9 Å². The summed E-state index contributed by atoms with van der Waals surface area (Å²) in [5, 5.41) is 15.5. The molecule has 1 unspecified atom stereocenters. The number of nitrogens with one attached hydrogen (secondary N) is 2. The van der Waals surface area contributed by atoms with E-state index in [1.807, 2.05) is 12.1 Å². The van der Waals surface area contributed by atoms with Gasteiger partial charge in [0.2, 0.25) is 5.91 Å². The molecule has 0 aliphatic carbocycles. The van der Waals surface area contributed by atoms with Crippen LogP contribution in [0.1, 0.15) is 24.9 Å². The lowest BCUT2D eigenvalue weighted by molar-refractivity contribution is -0.117. The summed E-state index contributed by atoms with van der Waals surface area (Å²) in [6.07, 6.45) is 0.970. The molecule has 0 radical (unpaired) electrons. The van der Waals surface area contributed by atoms with Crippen molar-refractivity contribution in [1.29, 1.82) is 0 Å². The van der Waals surface area contributed by atoms with Gasteiger partial charge in [0.25, 0.3) is 0 Å². The van der Waals surface area contributed by atoms with Crippen LogP contribution >= 0.6 is 23.4 Å². The third kappa shape index (κ3) is 3.23. The van der Waals surface area contributed by atoms with Crippen LogP contribution in [0, 0.1) is 0 Å². The molecule has 3 N–H and O–H groups in total. The maximum Gasteiger partial charge on any atom is 0.246 e. The number of hydrogen-bond donors (Lipinski definition) is 3. The number of carbonyl (C=O) groups is 1. The lowest BCUT2D eigenvalue weighted by Gasteiger charge is -2.11. The molecule has 0 saturated heterocycles. The summed E-state index contributed by atoms with van der Waals surface area (Å²) >= 11 is 7.70. The van der Waals surface area contributed by atoms with Crippen LogP contribution in [0.4, 0.5) is 5.69 Å². The van der Waals surface area contributed by atoms with E-state index in [1.165, 1.54) is 11.8 Å². The van der Waals surface area contributed by atoms with Crippen molar-refractivity contribution >= 4 is 35.0 Å². The largest absolute Gasteiger partial charge is 0.396 e. The van der Waals surface area contributed by atoms with E-state index in [0.29, 0.717) is 10.8 Å². The summed E-state index contributed by atoms with van der Waals surface area (Å²) in [7, 11) is 0. The van der Waals surface area contributed by atoms with Gasteiger partial charge in [-0.2, -0.15) is 0 Å². The molecule has 2 rings (SSSR count). The van der Waals surface area contributed by atoms with Crippen LogP contribution in [0.25, 0.3) is 0 Å². The number of aliphatic hydroxyl groups excluding tert-OH is 1. The topological polar surface area (TPSA) is 61.4 Å². The molecule has 6 heteroatoms. The van der Waals surface area contributed by atoms with Crippen LogP contribution in [0.5, 0.6) is 0 Å². The van der Waals surface area contributed by atoms with Gasteiger partial charge in [-0.25, -0.2) is 0 Å². The van der Waals surface area contributed by atoms with Gasteiger partial charge >= 0.3 is 0 Å². The van der Waals surface area contributed by atoms with Crippen molar-refractivity contribution in [2.24, 2.45) is 0 Å². The van der Waals surface area contributed by atoms with Gasteiger partial charge in [0.1, 0.15) is 6.04 Å². The van der Waals surface area contributed by atoms with Crippen molar-refractivity contribution < 1.29 is 9.90 Å². The highest BCUT2D eigenvalue weighted by atomic mass is 35.5. The Labute approximate surface area is 121 Å². The van der Waals surface area contributed by atoms with Gasteiger partial charge in [-0.15, -0.1) is 11.8 Å². The summed E-state index contributed by atoms with van der Waals surface area (Å²) in [6.45, 7) is 2.95. The Balaban J connectivity index is 2.23. The van der Waals surface area contributed by atoms with Crippen molar-refractivity contribution in [3.63, 3.8) is 0 Å². The van der Waals surface area contributed by atoms with Crippen molar-refractivity contribution in [3.05, 3.63) is 22.7 Å². The van der Waals surface area contributed by atoms with Gasteiger partial charge in [-0.05, 0) is 25.1 Å². The van der Waals surface area contributed by atoms with E-state index in [4.69, 9.17) is 16.7 Å². The predicted octanol–water partition coefficient (Wildman–Crippen LogP) is 2.42. The van der Waals surface area contributed by atoms with E-state index in [-0.39, 0.29) is 18.6 Å². The number of hydrogen-bond acceptors (Lipinski definition) is 4. The minimum absolute atomic E-state index is 0.0381. The molecule has 1 amide bonds. The number of amides is 1. The lowest BCUT2D eigenvalue weighted by atomic mass is 10.1. The van der Waals surface area contributed by atoms with Gasteiger partial charge in [0.05, 0.1) is 11.6 Å². The minimum atomic E-state index is -0.315. The fourth-order valence-electron chi connectivity index (χ4n) is 2.02. The molecule has 4 nitrogen and oxygen atoms in total. The fourth-order valence-corrected chi connectivity index (χ4v) is 3.06. The molecular weight excluding hydrogens is 284 g/mol. The van der Waals surface area contributed by atoms with Crippen LogP contribution in [0.3, 0.4) is 0 Å². The molecule has 0 spiro atoms. The summed E-state index contributed by atoms with van der Waals surface area (Å²) in [5.41, 5.74) is 1.71. The van der Waals surface area contributed by atoms with Crippen LogP contribution in [0.2, 0.25) is 5.02 Å². The smallest absolute Gasteiger partial charge is 0.246 e. The second-order valence-electron chi connectivity index (χ2n) is 4.32. The SMILES string of the molecule is CCCNC1C(=O)Nc2cc(SCCO)c(Cl)cc21. The lowest BCUT2D eigenvalue weighted by Crippen LogP contribution is -2.27. The molecule has 104 valence electrons. The van der Waals surface area contributed by atoms with E-state index in [0.717, 1.165) is 29.1 Å². The average molecular weight is 301 g/mol. The standard InChI is InChI=1S/C13H17ClN2O2S/c1-2-3-15-12-8-6-9(14)11(19-5-4-17)7-10(8)16-13(12)18/h6-7,12,15,17H,2-5H2,1H3,(H,16,18). The number of aliphatic hydroxyl groups is 1. The normalized spacial score (nSPS) is 17.4. The van der Waals surface area contributed by atoms with Gasteiger partial charge in [-0.3, -0.25) is 4.79 Å². The first kappa shape index (κ1) is 14.7. The minimum Gasteiger partial charge on any atom is -0.396 e. The summed E-state index contributed by atoms with van der Waals surface area (Å²) in [6, 6.07) is 3.40. The molecule has 1 aromatic carbocycles. The third-order valence-corrected chi connectivity index (χ3v) is 4.34. The first-order chi connectivity index (χ1) is 9.17. The Morgan fingerprint density at radius 3 is 3.00 bits per heavy atom. The zero-order valence-corrected chi connectivity index (χ0v) is 12.3. The number of halogens is 1. The number of anilines is 1. The Bertz CT molecular complexity index is 482. The highest BCUT2D eigenvalue weighted by molar-refractivity contribution is 7.99. The van der Waals surface area contributed by atoms with E-state index < -0.39 is 0 Å². The van der Waals surface area contributed by atoms with Gasteiger partial charge in [-0.1, -0.05) is 18.5 Å². The maximum absolute atomic E-state index is 11.9. The number of thioether (sulfide) groups is 1. The van der Waals surface area contributed by atoms with Crippen molar-refractivity contribution in [2.75, 3.05) is 24.2 Å². The molecule has 1 heterocycles. The molecule has 1 aliphatic rings. The van der Waals surface area contributed by atoms with Crippen molar-refractivity contribution in [1.82, 2.24) is 5.32 Å². The van der Waals surface area contributed by atoms with E-state index in [1.54, 1.807) is 0 Å². The first-order valence-corrected chi connectivity index (χ1v) is 7.65. The Hall–Kier alpha value is -0.750. The van der Waals surface area contributed by atoms with Crippen LogP contribution in [-0.2, 0) is 4.79 Å². The Morgan fingerprint density at radius 2 is 2.32 bits per heavy atom. The molecule has 0 saturated carbocycles. The molecular formula is C13H17ClN2O2S. The number of fused-ring (bicyclic) bond motifs is 1. The first-order valence-electron chi connectivity index (χ1n) is 6.28. The van der Waals surface area contributed by atoms with E-state index in [2.05, 4.69) is 17.6 Å². The summed E-state index contributed by atoms with van der Waals surface area (Å²) in [4.78, 5) is 12.8. The molecule has 0 aromatic heterocycles. The van der Waals surface area contributed by atoms with Crippen molar-refractivity contribution in [2.45, 2.75) is 24.3 Å². The van der Waals surface area contributed by atoms with Gasteiger partial charge < -0.3 is 15.7 Å². The van der Waals surface area contributed by atoms with Gasteiger partial charge in [0.15, 0.2) is 0 Å². The highest BCUT2D eigenvalue weighted by Crippen LogP contribution is 2.38. The molecule has 1 aliphatic heterocycles. The van der Waals surface area contributed by atoms with Crippen molar-refractivity contribution in [3.8, 4) is 0 Å². The summed E-state index contributed by atoms with van der Waals surface area (Å²) < 4.78 is 0. The fraction of sp³-hybridized carbons (Fsp3) is 0.462.